The normalized spacial score (nSPS) is 25.4. The molecule has 2 unspecified atom stereocenters. The maximum atomic E-state index is 6.66. The van der Waals surface area contributed by atoms with E-state index in [1.54, 1.807) is 6.08 Å². The summed E-state index contributed by atoms with van der Waals surface area (Å²) in [6.07, 6.45) is 1.76. The first kappa shape index (κ1) is 17.6. The Kier molecular flexibility index (Phi) is 4.59. The monoisotopic (exact) mass is 363 g/mol. The maximum Gasteiger partial charge on any atom is 0.202 e. The second kappa shape index (κ2) is 7.06. The fourth-order valence-electron chi connectivity index (χ4n) is 3.55. The van der Waals surface area contributed by atoms with Crippen LogP contribution in [0.3, 0.4) is 0 Å². The summed E-state index contributed by atoms with van der Waals surface area (Å²) < 4.78 is 5.73. The lowest BCUT2D eigenvalue weighted by Gasteiger charge is -2.41. The molecule has 2 aliphatic rings. The maximum absolute atomic E-state index is 6.66. The molecular weight excluding hydrogens is 338 g/mol. The van der Waals surface area contributed by atoms with E-state index >= 15 is 0 Å². The molecular formula is C21H25N5O. The Hall–Kier alpha value is -2.83. The zero-order chi connectivity index (χ0) is 18.9. The summed E-state index contributed by atoms with van der Waals surface area (Å²) in [7, 11) is 0. The van der Waals surface area contributed by atoms with Crippen LogP contribution in [-0.4, -0.2) is 30.6 Å². The molecule has 0 saturated carbocycles. The summed E-state index contributed by atoms with van der Waals surface area (Å²) in [5.74, 6) is 1.18. The van der Waals surface area contributed by atoms with Crippen LogP contribution in [-0.2, 0) is 10.4 Å². The van der Waals surface area contributed by atoms with Gasteiger partial charge in [-0.25, -0.2) is 4.99 Å². The van der Waals surface area contributed by atoms with Gasteiger partial charge < -0.3 is 20.7 Å². The van der Waals surface area contributed by atoms with Crippen LogP contribution in [0.25, 0.3) is 0 Å². The molecule has 2 aromatic carbocycles. The third-order valence-electron chi connectivity index (χ3n) is 5.02. The third kappa shape index (κ3) is 3.54. The topological polar surface area (TPSA) is 88.9 Å². The molecule has 4 rings (SSSR count). The van der Waals surface area contributed by atoms with E-state index in [0.29, 0.717) is 31.5 Å². The molecule has 0 aromatic heterocycles. The minimum atomic E-state index is -1.00. The van der Waals surface area contributed by atoms with Crippen molar-refractivity contribution in [2.75, 3.05) is 19.8 Å². The minimum Gasteiger partial charge on any atom is -0.385 e. The molecule has 0 radical (unpaired) electrons. The number of aliphatic imine (C=N–C) groups is 1. The second-order valence-electron chi connectivity index (χ2n) is 7.05. The number of ether oxygens (including phenoxy) is 1. The number of nitrogens with one attached hydrogen (secondary N) is 1. The second-order valence-corrected chi connectivity index (χ2v) is 7.05. The van der Waals surface area contributed by atoms with Crippen LogP contribution in [0.5, 0.6) is 0 Å². The van der Waals surface area contributed by atoms with Crippen molar-refractivity contribution < 1.29 is 4.74 Å². The average molecular weight is 363 g/mol. The SMILES string of the molecule is Cc1ccc(C2(N)C=C(N)NC(N3CCOCC3c3ccccc3)=N2)cc1. The number of benzene rings is 2. The summed E-state index contributed by atoms with van der Waals surface area (Å²) >= 11 is 0. The Labute approximate surface area is 159 Å². The Morgan fingerprint density at radius 2 is 1.89 bits per heavy atom. The molecule has 6 heteroatoms. The molecule has 2 heterocycles. The van der Waals surface area contributed by atoms with E-state index in [1.165, 1.54) is 11.1 Å². The molecule has 1 fully saturated rings. The lowest BCUT2D eigenvalue weighted by Crippen LogP contribution is -2.54. The van der Waals surface area contributed by atoms with Gasteiger partial charge in [0.2, 0.25) is 5.96 Å². The Morgan fingerprint density at radius 1 is 1.15 bits per heavy atom. The standard InChI is InChI=1S/C21H25N5O/c1-15-7-9-17(10-8-15)21(23)13-19(22)24-20(25-21)26-11-12-27-14-18(26)16-5-3-2-4-6-16/h2-10,13,18H,11-12,14,22-23H2,1H3,(H,24,25). The van der Waals surface area contributed by atoms with E-state index in [1.807, 2.05) is 49.4 Å². The van der Waals surface area contributed by atoms with Crippen LogP contribution < -0.4 is 16.8 Å². The number of hydrogen-bond acceptors (Lipinski definition) is 6. The average Bonchev–Trinajstić information content (AvgIpc) is 2.68. The van der Waals surface area contributed by atoms with Crippen LogP contribution in [0.1, 0.15) is 22.7 Å². The predicted octanol–water partition coefficient (Wildman–Crippen LogP) is 1.94. The zero-order valence-corrected chi connectivity index (χ0v) is 15.4. The quantitative estimate of drug-likeness (QED) is 0.759. The van der Waals surface area contributed by atoms with Crippen molar-refractivity contribution in [3.05, 3.63) is 83.2 Å². The number of morpholine rings is 1. The number of rotatable bonds is 2. The first-order chi connectivity index (χ1) is 13.0. The summed E-state index contributed by atoms with van der Waals surface area (Å²) in [6.45, 7) is 3.99. The van der Waals surface area contributed by atoms with Crippen molar-refractivity contribution in [3.8, 4) is 0 Å². The van der Waals surface area contributed by atoms with Gasteiger partial charge >= 0.3 is 0 Å². The lowest BCUT2D eigenvalue weighted by molar-refractivity contribution is 0.0238. The minimum absolute atomic E-state index is 0.0550. The molecule has 0 amide bonds. The highest BCUT2D eigenvalue weighted by Crippen LogP contribution is 2.29. The number of nitrogens with two attached hydrogens (primary N) is 2. The molecule has 27 heavy (non-hydrogen) atoms. The van der Waals surface area contributed by atoms with Gasteiger partial charge in [0.15, 0.2) is 5.66 Å². The van der Waals surface area contributed by atoms with Crippen molar-refractivity contribution in [1.29, 1.82) is 0 Å². The van der Waals surface area contributed by atoms with Gasteiger partial charge in [-0.2, -0.15) is 0 Å². The fraction of sp³-hybridized carbons (Fsp3) is 0.286. The van der Waals surface area contributed by atoms with Gasteiger partial charge in [-0.05, 0) is 18.1 Å². The number of aryl methyl sites for hydroxylation is 1. The van der Waals surface area contributed by atoms with Crippen LogP contribution in [0.4, 0.5) is 0 Å². The van der Waals surface area contributed by atoms with Crippen molar-refractivity contribution in [3.63, 3.8) is 0 Å². The molecule has 140 valence electrons. The van der Waals surface area contributed by atoms with Gasteiger partial charge in [0.05, 0.1) is 19.3 Å². The predicted molar refractivity (Wildman–Crippen MR) is 107 cm³/mol. The van der Waals surface area contributed by atoms with E-state index in [-0.39, 0.29) is 6.04 Å². The molecule has 0 spiro atoms. The highest BCUT2D eigenvalue weighted by Gasteiger charge is 2.34. The Bertz CT molecular complexity index is 862. The lowest BCUT2D eigenvalue weighted by atomic mass is 9.98. The van der Waals surface area contributed by atoms with Gasteiger partial charge in [-0.3, -0.25) is 5.73 Å². The highest BCUT2D eigenvalue weighted by molar-refractivity contribution is 5.84. The molecule has 0 bridgehead atoms. The molecule has 1 saturated heterocycles. The summed E-state index contributed by atoms with van der Waals surface area (Å²) in [4.78, 5) is 7.05. The Balaban J connectivity index is 1.71. The van der Waals surface area contributed by atoms with E-state index < -0.39 is 5.66 Å². The van der Waals surface area contributed by atoms with Crippen LogP contribution in [0.2, 0.25) is 0 Å². The third-order valence-corrected chi connectivity index (χ3v) is 5.02. The molecule has 6 nitrogen and oxygen atoms in total. The van der Waals surface area contributed by atoms with Crippen molar-refractivity contribution in [1.82, 2.24) is 10.2 Å². The zero-order valence-electron chi connectivity index (χ0n) is 15.4. The van der Waals surface area contributed by atoms with E-state index in [2.05, 4.69) is 22.3 Å². The van der Waals surface area contributed by atoms with Crippen LogP contribution in [0.15, 0.2) is 71.5 Å². The van der Waals surface area contributed by atoms with Crippen LogP contribution in [0, 0.1) is 6.92 Å². The van der Waals surface area contributed by atoms with Crippen molar-refractivity contribution in [2.45, 2.75) is 18.6 Å². The van der Waals surface area contributed by atoms with Crippen molar-refractivity contribution in [2.24, 2.45) is 16.5 Å². The van der Waals surface area contributed by atoms with Gasteiger partial charge in [0.25, 0.3) is 0 Å². The molecule has 2 aromatic rings. The van der Waals surface area contributed by atoms with E-state index in [4.69, 9.17) is 21.2 Å². The fourth-order valence-corrected chi connectivity index (χ4v) is 3.55. The molecule has 2 atom stereocenters. The molecule has 5 N–H and O–H groups in total. The highest BCUT2D eigenvalue weighted by atomic mass is 16.5. The first-order valence-corrected chi connectivity index (χ1v) is 9.16. The number of guanidine groups is 1. The summed E-state index contributed by atoms with van der Waals surface area (Å²) in [5, 5.41) is 3.20. The van der Waals surface area contributed by atoms with Gasteiger partial charge in [-0.15, -0.1) is 0 Å². The van der Waals surface area contributed by atoms with Crippen molar-refractivity contribution >= 4 is 5.96 Å². The van der Waals surface area contributed by atoms with Crippen LogP contribution >= 0.6 is 0 Å². The number of nitrogens with zero attached hydrogens (tertiary/aromatic N) is 2. The number of hydrogen-bond donors (Lipinski definition) is 3. The van der Waals surface area contributed by atoms with Gasteiger partial charge in [0.1, 0.15) is 5.82 Å². The molecule has 2 aliphatic heterocycles. The van der Waals surface area contributed by atoms with Gasteiger partial charge in [-0.1, -0.05) is 60.2 Å². The summed E-state index contributed by atoms with van der Waals surface area (Å²) in [6, 6.07) is 18.4. The first-order valence-electron chi connectivity index (χ1n) is 9.16. The molecule has 0 aliphatic carbocycles. The smallest absolute Gasteiger partial charge is 0.202 e. The van der Waals surface area contributed by atoms with E-state index in [0.717, 1.165) is 5.56 Å². The van der Waals surface area contributed by atoms with Gasteiger partial charge in [0, 0.05) is 12.6 Å². The van der Waals surface area contributed by atoms with E-state index in [9.17, 15) is 0 Å². The Morgan fingerprint density at radius 3 is 2.63 bits per heavy atom. The summed E-state index contributed by atoms with van der Waals surface area (Å²) in [5.41, 5.74) is 15.1. The largest absolute Gasteiger partial charge is 0.385 e.